The number of hydrogen-bond donors (Lipinski definition) is 1. The third kappa shape index (κ3) is 3.34. The molecule has 1 aliphatic carbocycles. The molecule has 0 atom stereocenters. The Labute approximate surface area is 110 Å². The SMILES string of the molecule is CCCNc1ncc(C)c(N(CC)CC2CC2)n1. The lowest BCUT2D eigenvalue weighted by molar-refractivity contribution is 0.727. The highest BCUT2D eigenvalue weighted by Crippen LogP contribution is 2.31. The van der Waals surface area contributed by atoms with E-state index in [1.54, 1.807) is 0 Å². The minimum atomic E-state index is 0.756. The third-order valence-electron chi connectivity index (χ3n) is 3.33. The van der Waals surface area contributed by atoms with Crippen molar-refractivity contribution in [3.63, 3.8) is 0 Å². The number of aromatic nitrogens is 2. The van der Waals surface area contributed by atoms with Crippen LogP contribution in [0.1, 0.15) is 38.7 Å². The van der Waals surface area contributed by atoms with Crippen LogP contribution in [0.15, 0.2) is 6.20 Å². The van der Waals surface area contributed by atoms with Crippen molar-refractivity contribution in [2.24, 2.45) is 5.92 Å². The lowest BCUT2D eigenvalue weighted by Crippen LogP contribution is -2.27. The second kappa shape index (κ2) is 6.03. The van der Waals surface area contributed by atoms with Gasteiger partial charge < -0.3 is 10.2 Å². The van der Waals surface area contributed by atoms with Gasteiger partial charge in [-0.1, -0.05) is 6.92 Å². The summed E-state index contributed by atoms with van der Waals surface area (Å²) in [5.74, 6) is 2.73. The van der Waals surface area contributed by atoms with Crippen LogP contribution in [-0.2, 0) is 0 Å². The minimum Gasteiger partial charge on any atom is -0.356 e. The highest BCUT2D eigenvalue weighted by Gasteiger charge is 2.25. The van der Waals surface area contributed by atoms with E-state index in [0.29, 0.717) is 0 Å². The van der Waals surface area contributed by atoms with Gasteiger partial charge in [0.1, 0.15) is 5.82 Å². The topological polar surface area (TPSA) is 41.1 Å². The minimum absolute atomic E-state index is 0.756. The summed E-state index contributed by atoms with van der Waals surface area (Å²) < 4.78 is 0. The maximum atomic E-state index is 4.67. The number of anilines is 2. The molecular formula is C14H24N4. The summed E-state index contributed by atoms with van der Waals surface area (Å²) in [5, 5.41) is 3.26. The maximum Gasteiger partial charge on any atom is 0.224 e. The number of rotatable bonds is 7. The van der Waals surface area contributed by atoms with Crippen LogP contribution in [-0.4, -0.2) is 29.6 Å². The van der Waals surface area contributed by atoms with Crippen molar-refractivity contribution in [1.82, 2.24) is 9.97 Å². The van der Waals surface area contributed by atoms with Crippen LogP contribution in [0.25, 0.3) is 0 Å². The van der Waals surface area contributed by atoms with Gasteiger partial charge in [0.05, 0.1) is 0 Å². The normalized spacial score (nSPS) is 14.6. The summed E-state index contributed by atoms with van der Waals surface area (Å²) in [7, 11) is 0. The Morgan fingerprint density at radius 2 is 2.17 bits per heavy atom. The summed E-state index contributed by atoms with van der Waals surface area (Å²) in [6.07, 6.45) is 5.77. The summed E-state index contributed by atoms with van der Waals surface area (Å²) in [4.78, 5) is 11.4. The average molecular weight is 248 g/mol. The Morgan fingerprint density at radius 1 is 1.39 bits per heavy atom. The van der Waals surface area contributed by atoms with E-state index in [-0.39, 0.29) is 0 Å². The van der Waals surface area contributed by atoms with Crippen LogP contribution in [0.4, 0.5) is 11.8 Å². The molecule has 0 radical (unpaired) electrons. The van der Waals surface area contributed by atoms with Gasteiger partial charge in [0.2, 0.25) is 5.95 Å². The van der Waals surface area contributed by atoms with Gasteiger partial charge in [0, 0.05) is 31.4 Å². The first kappa shape index (κ1) is 13.1. The van der Waals surface area contributed by atoms with Crippen LogP contribution < -0.4 is 10.2 Å². The smallest absolute Gasteiger partial charge is 0.224 e. The molecule has 2 rings (SSSR count). The molecule has 0 bridgehead atoms. The molecule has 0 spiro atoms. The van der Waals surface area contributed by atoms with Crippen molar-refractivity contribution >= 4 is 11.8 Å². The van der Waals surface area contributed by atoms with Crippen molar-refractivity contribution in [2.75, 3.05) is 29.9 Å². The van der Waals surface area contributed by atoms with Crippen molar-refractivity contribution in [3.05, 3.63) is 11.8 Å². The van der Waals surface area contributed by atoms with Crippen molar-refractivity contribution in [2.45, 2.75) is 40.0 Å². The predicted molar refractivity (Wildman–Crippen MR) is 76.2 cm³/mol. The Morgan fingerprint density at radius 3 is 2.78 bits per heavy atom. The molecule has 100 valence electrons. The molecule has 18 heavy (non-hydrogen) atoms. The largest absolute Gasteiger partial charge is 0.356 e. The van der Waals surface area contributed by atoms with Crippen molar-refractivity contribution < 1.29 is 0 Å². The van der Waals surface area contributed by atoms with Gasteiger partial charge in [-0.2, -0.15) is 4.98 Å². The quantitative estimate of drug-likeness (QED) is 0.805. The molecule has 0 saturated heterocycles. The van der Waals surface area contributed by atoms with Crippen LogP contribution in [0.3, 0.4) is 0 Å². The average Bonchev–Trinajstić information content (AvgIpc) is 3.19. The molecule has 1 aromatic rings. The van der Waals surface area contributed by atoms with E-state index in [1.807, 2.05) is 6.20 Å². The van der Waals surface area contributed by atoms with E-state index < -0.39 is 0 Å². The highest BCUT2D eigenvalue weighted by molar-refractivity contribution is 5.49. The first-order valence-electron chi connectivity index (χ1n) is 7.07. The summed E-state index contributed by atoms with van der Waals surface area (Å²) in [5.41, 5.74) is 1.17. The molecule has 1 aromatic heterocycles. The standard InChI is InChI=1S/C14H24N4/c1-4-8-15-14-16-9-11(3)13(17-14)18(5-2)10-12-6-7-12/h9,12H,4-8,10H2,1-3H3,(H,15,16,17). The zero-order valence-electron chi connectivity index (χ0n) is 11.7. The molecule has 4 nitrogen and oxygen atoms in total. The fourth-order valence-corrected chi connectivity index (χ4v) is 2.05. The van der Waals surface area contributed by atoms with Gasteiger partial charge in [-0.05, 0) is 39.0 Å². The molecule has 1 saturated carbocycles. The van der Waals surface area contributed by atoms with Crippen molar-refractivity contribution in [1.29, 1.82) is 0 Å². The van der Waals surface area contributed by atoms with Gasteiger partial charge in [0.15, 0.2) is 0 Å². The molecule has 1 N–H and O–H groups in total. The van der Waals surface area contributed by atoms with E-state index in [2.05, 4.69) is 41.0 Å². The van der Waals surface area contributed by atoms with Gasteiger partial charge >= 0.3 is 0 Å². The number of hydrogen-bond acceptors (Lipinski definition) is 4. The van der Waals surface area contributed by atoms with Crippen molar-refractivity contribution in [3.8, 4) is 0 Å². The van der Waals surface area contributed by atoms with Crippen LogP contribution in [0, 0.1) is 12.8 Å². The third-order valence-corrected chi connectivity index (χ3v) is 3.33. The molecule has 1 aliphatic rings. The molecule has 1 fully saturated rings. The first-order chi connectivity index (χ1) is 8.74. The fraction of sp³-hybridized carbons (Fsp3) is 0.714. The predicted octanol–water partition coefficient (Wildman–Crippen LogP) is 2.84. The summed E-state index contributed by atoms with van der Waals surface area (Å²) >= 11 is 0. The van der Waals surface area contributed by atoms with Gasteiger partial charge in [-0.15, -0.1) is 0 Å². The van der Waals surface area contributed by atoms with E-state index in [9.17, 15) is 0 Å². The van der Waals surface area contributed by atoms with E-state index in [4.69, 9.17) is 0 Å². The Bertz CT molecular complexity index is 387. The number of nitrogens with one attached hydrogen (secondary N) is 1. The number of aryl methyl sites for hydroxylation is 1. The molecule has 4 heteroatoms. The molecule has 0 unspecified atom stereocenters. The molecule has 1 heterocycles. The summed E-state index contributed by atoms with van der Waals surface area (Å²) in [6.45, 7) is 9.52. The highest BCUT2D eigenvalue weighted by atomic mass is 15.2. The molecule has 0 aromatic carbocycles. The second-order valence-corrected chi connectivity index (χ2v) is 5.11. The number of nitrogens with zero attached hydrogens (tertiary/aromatic N) is 3. The Hall–Kier alpha value is -1.32. The molecule has 0 amide bonds. The lowest BCUT2D eigenvalue weighted by Gasteiger charge is -2.23. The van der Waals surface area contributed by atoms with Gasteiger partial charge in [-0.25, -0.2) is 4.98 Å². The van der Waals surface area contributed by atoms with E-state index >= 15 is 0 Å². The molecular weight excluding hydrogens is 224 g/mol. The van der Waals surface area contributed by atoms with E-state index in [1.165, 1.54) is 18.4 Å². The molecule has 0 aliphatic heterocycles. The van der Waals surface area contributed by atoms with Crippen LogP contribution in [0.5, 0.6) is 0 Å². The first-order valence-corrected chi connectivity index (χ1v) is 7.07. The fourth-order valence-electron chi connectivity index (χ4n) is 2.05. The van der Waals surface area contributed by atoms with Gasteiger partial charge in [-0.3, -0.25) is 0 Å². The maximum absolute atomic E-state index is 4.67. The summed E-state index contributed by atoms with van der Waals surface area (Å²) in [6, 6.07) is 0. The monoisotopic (exact) mass is 248 g/mol. The van der Waals surface area contributed by atoms with Gasteiger partial charge in [0.25, 0.3) is 0 Å². The van der Waals surface area contributed by atoms with E-state index in [0.717, 1.165) is 43.7 Å². The Kier molecular flexibility index (Phi) is 4.39. The Balaban J connectivity index is 2.11. The zero-order chi connectivity index (χ0) is 13.0. The lowest BCUT2D eigenvalue weighted by atomic mass is 10.3. The van der Waals surface area contributed by atoms with Crippen LogP contribution in [0.2, 0.25) is 0 Å². The zero-order valence-corrected chi connectivity index (χ0v) is 11.7. The van der Waals surface area contributed by atoms with Crippen LogP contribution >= 0.6 is 0 Å². The second-order valence-electron chi connectivity index (χ2n) is 5.11.